The number of carbonyl (C=O) groups is 1. The average molecular weight is 407 g/mol. The van der Waals surface area contributed by atoms with E-state index in [1.165, 1.54) is 19.5 Å². The van der Waals surface area contributed by atoms with Gasteiger partial charge in [-0.2, -0.15) is 13.2 Å². The number of methoxy groups -OCH3 is 1. The monoisotopic (exact) mass is 407 g/mol. The fraction of sp³-hybridized carbons (Fsp3) is 0.350. The molecule has 6 nitrogen and oxygen atoms in total. The zero-order valence-electron chi connectivity index (χ0n) is 16.0. The van der Waals surface area contributed by atoms with Crippen LogP contribution in [0, 0.1) is 0 Å². The first-order chi connectivity index (χ1) is 13.8. The molecule has 1 aromatic carbocycles. The summed E-state index contributed by atoms with van der Waals surface area (Å²) < 4.78 is 50.7. The molecule has 9 heteroatoms. The molecule has 2 aromatic heterocycles. The van der Waals surface area contributed by atoms with E-state index in [-0.39, 0.29) is 12.5 Å². The first-order valence-corrected chi connectivity index (χ1v) is 9.02. The molecule has 0 atom stereocenters. The summed E-state index contributed by atoms with van der Waals surface area (Å²) in [5.74, 6) is -0.274. The molecule has 0 unspecified atom stereocenters. The highest BCUT2D eigenvalue weighted by Gasteiger charge is 2.30. The van der Waals surface area contributed by atoms with E-state index in [0.29, 0.717) is 36.0 Å². The summed E-state index contributed by atoms with van der Waals surface area (Å²) in [7, 11) is 1.26. The Kier molecular flexibility index (Phi) is 6.05. The van der Waals surface area contributed by atoms with E-state index >= 15 is 0 Å². The number of fused-ring (bicyclic) bond motifs is 1. The molecule has 3 rings (SSSR count). The van der Waals surface area contributed by atoms with Crippen molar-refractivity contribution in [2.75, 3.05) is 13.7 Å². The van der Waals surface area contributed by atoms with Gasteiger partial charge < -0.3 is 14.0 Å². The largest absolute Gasteiger partial charge is 0.466 e. The van der Waals surface area contributed by atoms with Crippen LogP contribution in [0.1, 0.15) is 23.7 Å². The van der Waals surface area contributed by atoms with Gasteiger partial charge in [0.25, 0.3) is 0 Å². The van der Waals surface area contributed by atoms with Gasteiger partial charge in [0.05, 0.1) is 18.1 Å². The highest BCUT2D eigenvalue weighted by molar-refractivity contribution is 5.83. The molecule has 0 bridgehead atoms. The number of benzene rings is 1. The maximum Gasteiger partial charge on any atom is 0.416 e. The third-order valence-electron chi connectivity index (χ3n) is 4.53. The Morgan fingerprint density at radius 1 is 1.21 bits per heavy atom. The summed E-state index contributed by atoms with van der Waals surface area (Å²) in [6.07, 6.45) is -1.95. The van der Waals surface area contributed by atoms with Gasteiger partial charge in [-0.05, 0) is 30.5 Å². The van der Waals surface area contributed by atoms with E-state index in [0.717, 1.165) is 17.8 Å². The minimum absolute atomic E-state index is 0.257. The van der Waals surface area contributed by atoms with E-state index < -0.39 is 17.7 Å². The normalized spacial score (nSPS) is 11.6. The smallest absolute Gasteiger partial charge is 0.416 e. The number of esters is 1. The Bertz CT molecular complexity index is 1020. The number of aryl methyl sites for hydroxylation is 3. The van der Waals surface area contributed by atoms with Crippen LogP contribution < -0.4 is 4.74 Å². The van der Waals surface area contributed by atoms with Crippen LogP contribution in [0.3, 0.4) is 0 Å². The van der Waals surface area contributed by atoms with Crippen molar-refractivity contribution in [1.29, 1.82) is 0 Å². The summed E-state index contributed by atoms with van der Waals surface area (Å²) in [4.78, 5) is 19.7. The van der Waals surface area contributed by atoms with Gasteiger partial charge in [0, 0.05) is 12.2 Å². The molecular weight excluding hydrogens is 387 g/mol. The standard InChI is InChI=1S/C20H20F3N3O3/c1-3-15-10-16-18(24-12-25-19(16)29-11-17(27)28-2)26(15)8-7-13-5-4-6-14(9-13)20(21,22)23/h4-6,9-10,12H,3,7-8,11H2,1-2H3. The van der Waals surface area contributed by atoms with Crippen LogP contribution >= 0.6 is 0 Å². The third-order valence-corrected chi connectivity index (χ3v) is 4.53. The predicted molar refractivity (Wildman–Crippen MR) is 99.6 cm³/mol. The molecule has 2 heterocycles. The summed E-state index contributed by atoms with van der Waals surface area (Å²) in [5.41, 5.74) is 1.46. The van der Waals surface area contributed by atoms with Gasteiger partial charge in [0.1, 0.15) is 12.0 Å². The Labute approximate surface area is 165 Å². The van der Waals surface area contributed by atoms with Crippen LogP contribution in [0.25, 0.3) is 11.0 Å². The van der Waals surface area contributed by atoms with Crippen molar-refractivity contribution in [3.8, 4) is 5.88 Å². The lowest BCUT2D eigenvalue weighted by Crippen LogP contribution is -2.13. The quantitative estimate of drug-likeness (QED) is 0.558. The second-order valence-corrected chi connectivity index (χ2v) is 6.37. The average Bonchev–Trinajstić information content (AvgIpc) is 3.08. The van der Waals surface area contributed by atoms with Crippen molar-refractivity contribution in [1.82, 2.24) is 14.5 Å². The number of aromatic nitrogens is 3. The van der Waals surface area contributed by atoms with E-state index in [1.807, 2.05) is 17.6 Å². The fourth-order valence-corrected chi connectivity index (χ4v) is 3.08. The molecule has 0 saturated heterocycles. The van der Waals surface area contributed by atoms with Gasteiger partial charge in [0.2, 0.25) is 5.88 Å². The summed E-state index contributed by atoms with van der Waals surface area (Å²) >= 11 is 0. The zero-order chi connectivity index (χ0) is 21.0. The number of alkyl halides is 3. The van der Waals surface area contributed by atoms with Crippen LogP contribution in [0.4, 0.5) is 13.2 Å². The van der Waals surface area contributed by atoms with Crippen LogP contribution in [0.15, 0.2) is 36.7 Å². The van der Waals surface area contributed by atoms with Gasteiger partial charge in [-0.25, -0.2) is 14.8 Å². The number of nitrogens with zero attached hydrogens (tertiary/aromatic N) is 3. The molecule has 0 aliphatic rings. The Hall–Kier alpha value is -3.10. The topological polar surface area (TPSA) is 66.2 Å². The van der Waals surface area contributed by atoms with Gasteiger partial charge in [-0.1, -0.05) is 25.1 Å². The lowest BCUT2D eigenvalue weighted by atomic mass is 10.1. The Morgan fingerprint density at radius 3 is 2.69 bits per heavy atom. The molecule has 3 aromatic rings. The summed E-state index contributed by atoms with van der Waals surface area (Å²) in [6.45, 7) is 2.14. The first kappa shape index (κ1) is 20.6. The number of halogens is 3. The van der Waals surface area contributed by atoms with Crippen LogP contribution in [-0.4, -0.2) is 34.2 Å². The molecule has 0 fully saturated rings. The van der Waals surface area contributed by atoms with E-state index in [9.17, 15) is 18.0 Å². The van der Waals surface area contributed by atoms with Crippen LogP contribution in [-0.2, 0) is 35.1 Å². The maximum absolute atomic E-state index is 12.9. The van der Waals surface area contributed by atoms with Gasteiger partial charge in [-0.3, -0.25) is 0 Å². The molecule has 0 aliphatic heterocycles. The number of carbonyl (C=O) groups excluding carboxylic acids is 1. The highest BCUT2D eigenvalue weighted by Crippen LogP contribution is 2.30. The molecule has 154 valence electrons. The SMILES string of the molecule is CCc1cc2c(OCC(=O)OC)ncnc2n1CCc1cccc(C(F)(F)F)c1. The van der Waals surface area contributed by atoms with Gasteiger partial charge >= 0.3 is 12.1 Å². The fourth-order valence-electron chi connectivity index (χ4n) is 3.08. The molecule has 0 N–H and O–H groups in total. The molecular formula is C20H20F3N3O3. The Morgan fingerprint density at radius 2 is 2.00 bits per heavy atom. The molecule has 29 heavy (non-hydrogen) atoms. The lowest BCUT2D eigenvalue weighted by Gasteiger charge is -2.11. The van der Waals surface area contributed by atoms with Crippen LogP contribution in [0.5, 0.6) is 5.88 Å². The summed E-state index contributed by atoms with van der Waals surface area (Å²) in [6, 6.07) is 7.18. The van der Waals surface area contributed by atoms with Crippen molar-refractivity contribution in [2.45, 2.75) is 32.5 Å². The van der Waals surface area contributed by atoms with Crippen LogP contribution in [0.2, 0.25) is 0 Å². The minimum atomic E-state index is -4.37. The van der Waals surface area contributed by atoms with Crippen molar-refractivity contribution >= 4 is 17.0 Å². The molecule has 0 spiro atoms. The van der Waals surface area contributed by atoms with E-state index in [1.54, 1.807) is 6.07 Å². The molecule has 0 radical (unpaired) electrons. The number of hydrogen-bond acceptors (Lipinski definition) is 5. The zero-order valence-corrected chi connectivity index (χ0v) is 16.0. The van der Waals surface area contributed by atoms with Crippen molar-refractivity contribution in [3.05, 3.63) is 53.5 Å². The second-order valence-electron chi connectivity index (χ2n) is 6.37. The van der Waals surface area contributed by atoms with E-state index in [4.69, 9.17) is 4.74 Å². The van der Waals surface area contributed by atoms with Crippen molar-refractivity contribution in [2.24, 2.45) is 0 Å². The highest BCUT2D eigenvalue weighted by atomic mass is 19.4. The molecule has 0 aliphatic carbocycles. The molecule has 0 saturated carbocycles. The summed E-state index contributed by atoms with van der Waals surface area (Å²) in [5, 5.41) is 0.636. The third kappa shape index (κ3) is 4.67. The van der Waals surface area contributed by atoms with Gasteiger partial charge in [-0.15, -0.1) is 0 Å². The maximum atomic E-state index is 12.9. The van der Waals surface area contributed by atoms with Gasteiger partial charge in [0.15, 0.2) is 6.61 Å². The number of ether oxygens (including phenoxy) is 2. The number of rotatable bonds is 7. The Balaban J connectivity index is 1.87. The van der Waals surface area contributed by atoms with Crippen molar-refractivity contribution in [3.63, 3.8) is 0 Å². The second kappa shape index (κ2) is 8.50. The minimum Gasteiger partial charge on any atom is -0.466 e. The lowest BCUT2D eigenvalue weighted by molar-refractivity contribution is -0.143. The number of hydrogen-bond donors (Lipinski definition) is 0. The van der Waals surface area contributed by atoms with Crippen molar-refractivity contribution < 1.29 is 27.4 Å². The first-order valence-electron chi connectivity index (χ1n) is 9.02. The van der Waals surface area contributed by atoms with E-state index in [2.05, 4.69) is 14.7 Å². The predicted octanol–water partition coefficient (Wildman–Crippen LogP) is 3.81. The molecule has 0 amide bonds.